The summed E-state index contributed by atoms with van der Waals surface area (Å²) >= 11 is 0. The summed E-state index contributed by atoms with van der Waals surface area (Å²) in [5, 5.41) is 0. The molecule has 4 N–H and O–H groups in total. The zero-order valence-corrected chi connectivity index (χ0v) is 19.2. The number of rotatable bonds is 10. The van der Waals surface area contributed by atoms with Gasteiger partial charge in [0.2, 0.25) is 5.91 Å². The Morgan fingerprint density at radius 3 is 2.15 bits per heavy atom. The Morgan fingerprint density at radius 1 is 1.09 bits per heavy atom. The maximum atomic E-state index is 13.0. The lowest BCUT2D eigenvalue weighted by Crippen LogP contribution is -2.44. The van der Waals surface area contributed by atoms with Crippen molar-refractivity contribution >= 4 is 17.5 Å². The average Bonchev–Trinajstić information content (AvgIpc) is 2.73. The van der Waals surface area contributed by atoms with Crippen LogP contribution in [-0.4, -0.2) is 44.9 Å². The van der Waals surface area contributed by atoms with Crippen molar-refractivity contribution in [3.63, 3.8) is 0 Å². The highest BCUT2D eigenvalue weighted by Crippen LogP contribution is 2.29. The second-order valence-electron chi connectivity index (χ2n) is 8.08. The predicted octanol–water partition coefficient (Wildman–Crippen LogP) is 1.45. The third-order valence-electron chi connectivity index (χ3n) is 5.40. The lowest BCUT2D eigenvalue weighted by Gasteiger charge is -2.24. The monoisotopic (exact) mass is 483 g/mol. The van der Waals surface area contributed by atoms with Gasteiger partial charge in [-0.05, 0) is 38.5 Å². The van der Waals surface area contributed by atoms with Gasteiger partial charge in [0.1, 0.15) is 11.4 Å². The van der Waals surface area contributed by atoms with Crippen LogP contribution in [0.5, 0.6) is 0 Å². The largest absolute Gasteiger partial charge is 0.416 e. The SMILES string of the molecule is CCn1c(=O)c(C(=O)CCN(CC(N)=O)C(C)C)c(N)n(Cc2ccc(C(F)(F)F)cc2)c1=O. The number of carbonyl (C=O) groups excluding carboxylic acids is 2. The molecule has 0 aliphatic rings. The number of anilines is 1. The molecule has 0 aliphatic heterocycles. The number of alkyl halides is 3. The minimum absolute atomic E-state index is 0.0367. The first kappa shape index (κ1) is 26.8. The molecule has 0 aliphatic carbocycles. The van der Waals surface area contributed by atoms with Crippen LogP contribution in [0.15, 0.2) is 33.9 Å². The van der Waals surface area contributed by atoms with Crippen LogP contribution >= 0.6 is 0 Å². The smallest absolute Gasteiger partial charge is 0.384 e. The molecule has 1 heterocycles. The molecule has 0 saturated carbocycles. The highest BCUT2D eigenvalue weighted by atomic mass is 19.4. The zero-order valence-electron chi connectivity index (χ0n) is 19.2. The predicted molar refractivity (Wildman–Crippen MR) is 120 cm³/mol. The molecular formula is C22H28F3N5O4. The highest BCUT2D eigenvalue weighted by molar-refractivity contribution is 5.99. The van der Waals surface area contributed by atoms with Crippen LogP contribution in [0.25, 0.3) is 0 Å². The van der Waals surface area contributed by atoms with Crippen molar-refractivity contribution in [2.45, 2.75) is 52.5 Å². The molecule has 12 heteroatoms. The molecule has 2 aromatic rings. The number of nitrogens with zero attached hydrogens (tertiary/aromatic N) is 3. The van der Waals surface area contributed by atoms with Gasteiger partial charge in [0.25, 0.3) is 5.56 Å². The van der Waals surface area contributed by atoms with Crippen molar-refractivity contribution < 1.29 is 22.8 Å². The lowest BCUT2D eigenvalue weighted by molar-refractivity contribution is -0.137. The van der Waals surface area contributed by atoms with Gasteiger partial charge in [0.15, 0.2) is 5.78 Å². The van der Waals surface area contributed by atoms with E-state index in [4.69, 9.17) is 11.5 Å². The van der Waals surface area contributed by atoms with E-state index in [1.54, 1.807) is 11.8 Å². The quantitative estimate of drug-likeness (QED) is 0.492. The van der Waals surface area contributed by atoms with E-state index in [1.807, 2.05) is 13.8 Å². The number of carbonyl (C=O) groups is 2. The first-order valence-corrected chi connectivity index (χ1v) is 10.6. The molecule has 1 amide bonds. The summed E-state index contributed by atoms with van der Waals surface area (Å²) in [4.78, 5) is 51.5. The Hall–Kier alpha value is -3.41. The molecule has 1 aromatic carbocycles. The van der Waals surface area contributed by atoms with Crippen LogP contribution in [0.4, 0.5) is 19.0 Å². The van der Waals surface area contributed by atoms with Crippen LogP contribution in [0.1, 0.15) is 48.7 Å². The van der Waals surface area contributed by atoms with Gasteiger partial charge in [0.05, 0.1) is 18.7 Å². The molecule has 186 valence electrons. The number of hydrogen-bond donors (Lipinski definition) is 2. The number of nitrogens with two attached hydrogens (primary N) is 2. The third-order valence-corrected chi connectivity index (χ3v) is 5.40. The molecule has 0 bridgehead atoms. The molecule has 0 radical (unpaired) electrons. The molecule has 2 rings (SSSR count). The molecule has 0 fully saturated rings. The number of hydrogen-bond acceptors (Lipinski definition) is 6. The van der Waals surface area contributed by atoms with Crippen molar-refractivity contribution in [2.75, 3.05) is 18.8 Å². The molecule has 34 heavy (non-hydrogen) atoms. The number of aromatic nitrogens is 2. The summed E-state index contributed by atoms with van der Waals surface area (Å²) in [7, 11) is 0. The normalized spacial score (nSPS) is 11.9. The van der Waals surface area contributed by atoms with Crippen LogP contribution < -0.4 is 22.7 Å². The van der Waals surface area contributed by atoms with Gasteiger partial charge in [-0.3, -0.25) is 28.4 Å². The second-order valence-corrected chi connectivity index (χ2v) is 8.08. The number of primary amides is 1. The summed E-state index contributed by atoms with van der Waals surface area (Å²) in [6.45, 7) is 4.96. The van der Waals surface area contributed by atoms with E-state index in [0.29, 0.717) is 5.56 Å². The fourth-order valence-corrected chi connectivity index (χ4v) is 3.48. The van der Waals surface area contributed by atoms with Crippen LogP contribution in [0.2, 0.25) is 0 Å². The van der Waals surface area contributed by atoms with Crippen molar-refractivity contribution in [1.29, 1.82) is 0 Å². The first-order valence-electron chi connectivity index (χ1n) is 10.6. The Labute approximate surface area is 193 Å². The zero-order chi connectivity index (χ0) is 25.8. The van der Waals surface area contributed by atoms with E-state index in [9.17, 15) is 32.3 Å². The summed E-state index contributed by atoms with van der Waals surface area (Å²) in [5.41, 5.74) is 8.78. The Balaban J connectivity index is 2.43. The van der Waals surface area contributed by atoms with E-state index >= 15 is 0 Å². The molecule has 0 atom stereocenters. The highest BCUT2D eigenvalue weighted by Gasteiger charge is 2.30. The molecular weight excluding hydrogens is 455 g/mol. The molecule has 0 unspecified atom stereocenters. The summed E-state index contributed by atoms with van der Waals surface area (Å²) in [5.74, 6) is -1.56. The Bertz CT molecular complexity index is 1170. The van der Waals surface area contributed by atoms with Crippen molar-refractivity contribution in [3.8, 4) is 0 Å². The number of benzene rings is 1. The van der Waals surface area contributed by atoms with Gasteiger partial charge in [-0.1, -0.05) is 12.1 Å². The van der Waals surface area contributed by atoms with E-state index in [-0.39, 0.29) is 50.0 Å². The fraction of sp³-hybridized carbons (Fsp3) is 0.455. The summed E-state index contributed by atoms with van der Waals surface area (Å²) in [6, 6.07) is 4.04. The number of amides is 1. The third kappa shape index (κ3) is 6.13. The standard InChI is InChI=1S/C22H28F3N5O4/c1-4-29-20(33)18(16(31)9-10-28(13(2)3)12-17(26)32)19(27)30(21(29)34)11-14-5-7-15(8-6-14)22(23,24)25/h5-8,13H,4,9-12,27H2,1-3H3,(H2,26,32). The van der Waals surface area contributed by atoms with E-state index in [0.717, 1.165) is 21.3 Å². The van der Waals surface area contributed by atoms with Gasteiger partial charge < -0.3 is 11.5 Å². The van der Waals surface area contributed by atoms with Crippen molar-refractivity contribution in [1.82, 2.24) is 14.0 Å². The van der Waals surface area contributed by atoms with Gasteiger partial charge in [-0.15, -0.1) is 0 Å². The number of ketones is 1. The Kier molecular flexibility index (Phi) is 8.43. The summed E-state index contributed by atoms with van der Waals surface area (Å²) < 4.78 is 40.3. The lowest BCUT2D eigenvalue weighted by atomic mass is 10.1. The minimum atomic E-state index is -4.51. The minimum Gasteiger partial charge on any atom is -0.384 e. The van der Waals surface area contributed by atoms with Crippen LogP contribution in [0, 0.1) is 0 Å². The van der Waals surface area contributed by atoms with Crippen LogP contribution in [0.3, 0.4) is 0 Å². The van der Waals surface area contributed by atoms with E-state index in [2.05, 4.69) is 0 Å². The number of halogens is 3. The second kappa shape index (κ2) is 10.7. The Morgan fingerprint density at radius 2 is 1.68 bits per heavy atom. The van der Waals surface area contributed by atoms with Crippen LogP contribution in [-0.2, 0) is 24.1 Å². The maximum Gasteiger partial charge on any atom is 0.416 e. The van der Waals surface area contributed by atoms with Gasteiger partial charge >= 0.3 is 11.9 Å². The first-order chi connectivity index (χ1) is 15.8. The van der Waals surface area contributed by atoms with Gasteiger partial charge in [-0.25, -0.2) is 4.79 Å². The molecule has 0 saturated heterocycles. The van der Waals surface area contributed by atoms with E-state index in [1.165, 1.54) is 12.1 Å². The molecule has 9 nitrogen and oxygen atoms in total. The van der Waals surface area contributed by atoms with E-state index < -0.39 is 34.7 Å². The number of nitrogen functional groups attached to an aromatic ring is 1. The average molecular weight is 483 g/mol. The molecule has 0 spiro atoms. The fourth-order valence-electron chi connectivity index (χ4n) is 3.48. The topological polar surface area (TPSA) is 133 Å². The molecule has 1 aromatic heterocycles. The maximum absolute atomic E-state index is 13.0. The van der Waals surface area contributed by atoms with Crippen molar-refractivity contribution in [3.05, 3.63) is 61.8 Å². The van der Waals surface area contributed by atoms with Gasteiger partial charge in [0, 0.05) is 25.6 Å². The van der Waals surface area contributed by atoms with Gasteiger partial charge in [-0.2, -0.15) is 13.2 Å². The summed E-state index contributed by atoms with van der Waals surface area (Å²) in [6.07, 6.45) is -4.67. The van der Waals surface area contributed by atoms with Crippen molar-refractivity contribution in [2.24, 2.45) is 5.73 Å². The number of Topliss-reactive ketones (excluding diaryl/α,β-unsaturated/α-hetero) is 1.